The van der Waals surface area contributed by atoms with E-state index in [0.29, 0.717) is 55.4 Å². The predicted molar refractivity (Wildman–Crippen MR) is 115 cm³/mol. The van der Waals surface area contributed by atoms with Crippen LogP contribution in [0, 0.1) is 0 Å². The second-order valence-electron chi connectivity index (χ2n) is 8.28. The number of anilines is 2. The van der Waals surface area contributed by atoms with E-state index in [1.165, 1.54) is 10.7 Å². The van der Waals surface area contributed by atoms with Crippen LogP contribution >= 0.6 is 0 Å². The maximum atomic E-state index is 13.1. The molecule has 9 nitrogen and oxygen atoms in total. The summed E-state index contributed by atoms with van der Waals surface area (Å²) in [5.41, 5.74) is 2.04. The summed E-state index contributed by atoms with van der Waals surface area (Å²) in [4.78, 5) is 19.5. The van der Waals surface area contributed by atoms with Crippen LogP contribution in [0.5, 0.6) is 5.75 Å². The van der Waals surface area contributed by atoms with Gasteiger partial charge in [-0.3, -0.25) is 4.79 Å². The van der Waals surface area contributed by atoms with Crippen molar-refractivity contribution in [3.05, 3.63) is 47.9 Å². The topological polar surface area (TPSA) is 90.2 Å². The molecule has 1 fully saturated rings. The number of rotatable bonds is 6. The molecule has 3 aromatic rings. The number of fused-ring (bicyclic) bond motifs is 2. The maximum Gasteiger partial charge on any atom is 0.345 e. The van der Waals surface area contributed by atoms with E-state index in [0.717, 1.165) is 11.3 Å². The van der Waals surface area contributed by atoms with Crippen LogP contribution in [0.2, 0.25) is 0 Å². The Bertz CT molecular complexity index is 1180. The molecule has 174 valence electrons. The Morgan fingerprint density at radius 3 is 2.94 bits per heavy atom. The van der Waals surface area contributed by atoms with Gasteiger partial charge in [0.25, 0.3) is 5.91 Å². The van der Waals surface area contributed by atoms with Gasteiger partial charge in [0.15, 0.2) is 5.65 Å². The fourth-order valence-electron chi connectivity index (χ4n) is 4.21. The molecule has 0 aliphatic carbocycles. The van der Waals surface area contributed by atoms with Crippen molar-refractivity contribution in [2.24, 2.45) is 0 Å². The van der Waals surface area contributed by atoms with Crippen LogP contribution in [0.15, 0.2) is 36.8 Å². The number of halogens is 2. The van der Waals surface area contributed by atoms with Gasteiger partial charge < -0.3 is 24.4 Å². The van der Waals surface area contributed by atoms with E-state index < -0.39 is 12.2 Å². The molecular weight excluding hydrogens is 436 g/mol. The molecule has 4 heterocycles. The van der Waals surface area contributed by atoms with Gasteiger partial charge in [-0.15, -0.1) is 0 Å². The van der Waals surface area contributed by atoms with Crippen LogP contribution in [0.1, 0.15) is 22.8 Å². The van der Waals surface area contributed by atoms with Gasteiger partial charge in [-0.25, -0.2) is 9.50 Å². The van der Waals surface area contributed by atoms with Gasteiger partial charge in [0, 0.05) is 43.5 Å². The smallest absolute Gasteiger partial charge is 0.345 e. The largest absolute Gasteiger partial charge is 0.484 e. The van der Waals surface area contributed by atoms with Gasteiger partial charge in [0.1, 0.15) is 16.9 Å². The number of ether oxygens (including phenoxy) is 3. The molecule has 1 atom stereocenters. The van der Waals surface area contributed by atoms with Gasteiger partial charge in [-0.05, 0) is 19.1 Å². The number of nitrogens with one attached hydrogen (secondary N) is 1. The highest BCUT2D eigenvalue weighted by Crippen LogP contribution is 2.42. The minimum absolute atomic E-state index is 0.248. The molecule has 0 spiro atoms. The van der Waals surface area contributed by atoms with Gasteiger partial charge in [-0.2, -0.15) is 13.9 Å². The standard InChI is InChI=1S/C22H23F2N5O4/c1-22(13-32-21(23)24)11-14-9-16(17(10-18(14)33-22)28-5-7-31-8-6-28)27-20(30)15-12-26-29-4-2-3-25-19(15)29/h2-4,9-10,12,21H,5-8,11,13H2,1H3,(H,27,30). The Balaban J connectivity index is 1.46. The summed E-state index contributed by atoms with van der Waals surface area (Å²) in [6, 6.07) is 5.41. The summed E-state index contributed by atoms with van der Waals surface area (Å²) < 4.78 is 42.7. The molecule has 33 heavy (non-hydrogen) atoms. The number of hydrogen-bond donors (Lipinski definition) is 1. The van der Waals surface area contributed by atoms with Crippen molar-refractivity contribution in [3.8, 4) is 5.75 Å². The van der Waals surface area contributed by atoms with E-state index in [-0.39, 0.29) is 12.5 Å². The number of hydrogen-bond acceptors (Lipinski definition) is 7. The third-order valence-corrected chi connectivity index (χ3v) is 5.74. The number of aromatic nitrogens is 3. The lowest BCUT2D eigenvalue weighted by Gasteiger charge is -2.31. The number of alkyl halides is 2. The molecule has 0 saturated carbocycles. The van der Waals surface area contributed by atoms with E-state index in [4.69, 9.17) is 9.47 Å². The summed E-state index contributed by atoms with van der Waals surface area (Å²) in [7, 11) is 0. The normalized spacial score (nSPS) is 20.2. The first-order valence-electron chi connectivity index (χ1n) is 10.6. The van der Waals surface area contributed by atoms with Crippen molar-refractivity contribution < 1.29 is 27.8 Å². The van der Waals surface area contributed by atoms with E-state index >= 15 is 0 Å². The Labute approximate surface area is 188 Å². The molecule has 1 unspecified atom stereocenters. The Kier molecular flexibility index (Phi) is 5.59. The number of nitrogens with zero attached hydrogens (tertiary/aromatic N) is 4. The predicted octanol–water partition coefficient (Wildman–Crippen LogP) is 2.75. The van der Waals surface area contributed by atoms with Crippen molar-refractivity contribution in [1.82, 2.24) is 14.6 Å². The fraction of sp³-hybridized carbons (Fsp3) is 0.409. The van der Waals surface area contributed by atoms with Crippen molar-refractivity contribution >= 4 is 22.9 Å². The van der Waals surface area contributed by atoms with Gasteiger partial charge in [0.05, 0.1) is 37.4 Å². The number of benzene rings is 1. The molecule has 11 heteroatoms. The van der Waals surface area contributed by atoms with E-state index in [1.807, 2.05) is 12.1 Å². The SMILES string of the molecule is CC1(COC(F)F)Cc2cc(NC(=O)c3cnn4cccnc34)c(N3CCOCC3)cc2O1. The Morgan fingerprint density at radius 1 is 1.33 bits per heavy atom. The van der Waals surface area contributed by atoms with E-state index in [9.17, 15) is 13.6 Å². The highest BCUT2D eigenvalue weighted by molar-refractivity contribution is 6.09. The second kappa shape index (κ2) is 8.56. The first-order chi connectivity index (χ1) is 15.9. The molecule has 1 saturated heterocycles. The third kappa shape index (κ3) is 4.33. The van der Waals surface area contributed by atoms with E-state index in [1.54, 1.807) is 25.4 Å². The van der Waals surface area contributed by atoms with Crippen LogP contribution < -0.4 is 15.0 Å². The molecule has 1 amide bonds. The average molecular weight is 459 g/mol. The lowest BCUT2D eigenvalue weighted by molar-refractivity contribution is -0.158. The average Bonchev–Trinajstić information content (AvgIpc) is 3.38. The van der Waals surface area contributed by atoms with Gasteiger partial charge in [-0.1, -0.05) is 0 Å². The zero-order valence-corrected chi connectivity index (χ0v) is 18.0. The summed E-state index contributed by atoms with van der Waals surface area (Å²) in [6.45, 7) is 1.02. The highest BCUT2D eigenvalue weighted by atomic mass is 19.3. The zero-order chi connectivity index (χ0) is 23.0. The summed E-state index contributed by atoms with van der Waals surface area (Å²) >= 11 is 0. The van der Waals surface area contributed by atoms with Crippen molar-refractivity contribution in [2.45, 2.75) is 25.6 Å². The number of amides is 1. The van der Waals surface area contributed by atoms with Crippen molar-refractivity contribution in [3.63, 3.8) is 0 Å². The first-order valence-corrected chi connectivity index (χ1v) is 10.6. The number of morpholine rings is 1. The van der Waals surface area contributed by atoms with Crippen molar-refractivity contribution in [1.29, 1.82) is 0 Å². The van der Waals surface area contributed by atoms with Gasteiger partial charge in [0.2, 0.25) is 0 Å². The zero-order valence-electron chi connectivity index (χ0n) is 18.0. The fourth-order valence-corrected chi connectivity index (χ4v) is 4.21. The van der Waals surface area contributed by atoms with Crippen LogP contribution in [0.25, 0.3) is 5.65 Å². The summed E-state index contributed by atoms with van der Waals surface area (Å²) in [6.07, 6.45) is 5.16. The van der Waals surface area contributed by atoms with Gasteiger partial charge >= 0.3 is 6.61 Å². The van der Waals surface area contributed by atoms with Crippen LogP contribution in [0.4, 0.5) is 20.2 Å². The van der Waals surface area contributed by atoms with Crippen molar-refractivity contribution in [2.75, 3.05) is 43.1 Å². The van der Waals surface area contributed by atoms with Crippen LogP contribution in [0.3, 0.4) is 0 Å². The maximum absolute atomic E-state index is 13.1. The molecule has 1 N–H and O–H groups in total. The molecule has 0 bridgehead atoms. The molecule has 2 aliphatic heterocycles. The molecule has 0 radical (unpaired) electrons. The second-order valence-corrected chi connectivity index (χ2v) is 8.28. The quantitative estimate of drug-likeness (QED) is 0.606. The van der Waals surface area contributed by atoms with Crippen LogP contribution in [-0.2, 0) is 15.9 Å². The summed E-state index contributed by atoms with van der Waals surface area (Å²) in [5, 5.41) is 7.16. The molecule has 5 rings (SSSR count). The summed E-state index contributed by atoms with van der Waals surface area (Å²) in [5.74, 6) is 0.244. The minimum atomic E-state index is -2.87. The molecule has 2 aliphatic rings. The lowest BCUT2D eigenvalue weighted by Crippen LogP contribution is -2.37. The number of carbonyl (C=O) groups excluding carboxylic acids is 1. The Morgan fingerprint density at radius 2 is 2.15 bits per heavy atom. The monoisotopic (exact) mass is 459 g/mol. The molecule has 1 aromatic carbocycles. The first kappa shape index (κ1) is 21.5. The van der Waals surface area contributed by atoms with E-state index in [2.05, 4.69) is 25.0 Å². The number of carbonyl (C=O) groups is 1. The minimum Gasteiger partial charge on any atom is -0.484 e. The van der Waals surface area contributed by atoms with Crippen LogP contribution in [-0.4, -0.2) is 65.6 Å². The highest BCUT2D eigenvalue weighted by Gasteiger charge is 2.37. The molecule has 2 aromatic heterocycles. The third-order valence-electron chi connectivity index (χ3n) is 5.74. The Hall–Kier alpha value is -3.31. The lowest BCUT2D eigenvalue weighted by atomic mass is 9.99. The molecular formula is C22H23F2N5O4.